The van der Waals surface area contributed by atoms with Crippen LogP contribution >= 0.6 is 0 Å². The van der Waals surface area contributed by atoms with E-state index in [1.165, 1.54) is 0 Å². The van der Waals surface area contributed by atoms with Crippen LogP contribution in [0.15, 0.2) is 42.5 Å². The molecule has 5 heteroatoms. The number of carbonyl (C=O) groups excluding carboxylic acids is 1. The van der Waals surface area contributed by atoms with Crippen LogP contribution in [0, 0.1) is 13.8 Å². The molecule has 0 atom stereocenters. The number of aromatic nitrogens is 2. The molecule has 0 saturated heterocycles. The number of hydrogen-bond donors (Lipinski definition) is 1. The Morgan fingerprint density at radius 2 is 1.77 bits per heavy atom. The summed E-state index contributed by atoms with van der Waals surface area (Å²) in [5.74, 6) is -0.0385. The van der Waals surface area contributed by atoms with Gasteiger partial charge in [-0.05, 0) is 49.6 Å². The normalized spacial score (nSPS) is 10.7. The van der Waals surface area contributed by atoms with E-state index in [0.29, 0.717) is 17.9 Å². The molecule has 0 radical (unpaired) electrons. The summed E-state index contributed by atoms with van der Waals surface area (Å²) in [7, 11) is 0. The van der Waals surface area contributed by atoms with Gasteiger partial charge in [0.25, 0.3) is 0 Å². The van der Waals surface area contributed by atoms with Gasteiger partial charge in [-0.3, -0.25) is 0 Å². The minimum Gasteiger partial charge on any atom is -0.461 e. The van der Waals surface area contributed by atoms with Gasteiger partial charge in [0.2, 0.25) is 0 Å². The second-order valence-electron chi connectivity index (χ2n) is 6.27. The van der Waals surface area contributed by atoms with Crippen molar-refractivity contribution in [1.82, 2.24) is 9.97 Å². The third kappa shape index (κ3) is 3.82. The third-order valence-corrected chi connectivity index (χ3v) is 4.35. The van der Waals surface area contributed by atoms with Crippen molar-refractivity contribution in [3.63, 3.8) is 0 Å². The number of anilines is 2. The van der Waals surface area contributed by atoms with Crippen molar-refractivity contribution in [3.05, 3.63) is 59.3 Å². The Morgan fingerprint density at radius 1 is 1.04 bits per heavy atom. The molecule has 0 fully saturated rings. The van der Waals surface area contributed by atoms with Crippen molar-refractivity contribution in [3.8, 4) is 0 Å². The predicted molar refractivity (Wildman–Crippen MR) is 104 cm³/mol. The number of nitrogens with zero attached hydrogens (tertiary/aromatic N) is 2. The van der Waals surface area contributed by atoms with Gasteiger partial charge >= 0.3 is 5.97 Å². The molecule has 0 unspecified atom stereocenters. The second-order valence-corrected chi connectivity index (χ2v) is 6.27. The maximum atomic E-state index is 12.6. The smallest absolute Gasteiger partial charge is 0.360 e. The minimum atomic E-state index is -0.454. The molecule has 2 aromatic carbocycles. The largest absolute Gasteiger partial charge is 0.461 e. The van der Waals surface area contributed by atoms with Crippen molar-refractivity contribution >= 4 is 28.5 Å². The zero-order valence-electron chi connectivity index (χ0n) is 15.4. The van der Waals surface area contributed by atoms with Crippen LogP contribution in [0.3, 0.4) is 0 Å². The van der Waals surface area contributed by atoms with E-state index < -0.39 is 5.97 Å². The summed E-state index contributed by atoms with van der Waals surface area (Å²) in [6, 6.07) is 13.5. The summed E-state index contributed by atoms with van der Waals surface area (Å²) in [6.07, 6.45) is 1.79. The number of carbonyl (C=O) groups is 1. The van der Waals surface area contributed by atoms with Crippen LogP contribution in [-0.2, 0) is 4.74 Å². The Kier molecular flexibility index (Phi) is 5.46. The fourth-order valence-electron chi connectivity index (χ4n) is 2.62. The Morgan fingerprint density at radius 3 is 2.50 bits per heavy atom. The Hall–Kier alpha value is -2.95. The fraction of sp³-hybridized carbons (Fsp3) is 0.286. The first kappa shape index (κ1) is 17.9. The van der Waals surface area contributed by atoms with E-state index >= 15 is 0 Å². The molecule has 5 nitrogen and oxygen atoms in total. The Bertz CT molecular complexity index is 938. The van der Waals surface area contributed by atoms with Crippen LogP contribution in [0.4, 0.5) is 11.5 Å². The van der Waals surface area contributed by atoms with Gasteiger partial charge in [0.1, 0.15) is 0 Å². The fourth-order valence-corrected chi connectivity index (χ4v) is 2.62. The van der Waals surface area contributed by atoms with E-state index in [2.05, 4.69) is 22.2 Å². The van der Waals surface area contributed by atoms with Gasteiger partial charge < -0.3 is 10.1 Å². The molecule has 0 spiro atoms. The average molecular weight is 349 g/mol. The Labute approximate surface area is 153 Å². The molecule has 0 amide bonds. The van der Waals surface area contributed by atoms with Crippen molar-refractivity contribution in [1.29, 1.82) is 0 Å². The lowest BCUT2D eigenvalue weighted by molar-refractivity contribution is 0.0494. The summed E-state index contributed by atoms with van der Waals surface area (Å²) in [6.45, 7) is 6.52. The van der Waals surface area contributed by atoms with Crippen LogP contribution in [0.25, 0.3) is 11.0 Å². The van der Waals surface area contributed by atoms with Gasteiger partial charge in [-0.1, -0.05) is 37.6 Å². The van der Waals surface area contributed by atoms with Crippen LogP contribution in [-0.4, -0.2) is 22.5 Å². The summed E-state index contributed by atoms with van der Waals surface area (Å²) in [4.78, 5) is 21.7. The van der Waals surface area contributed by atoms with Gasteiger partial charge in [0, 0.05) is 5.69 Å². The summed E-state index contributed by atoms with van der Waals surface area (Å²) >= 11 is 0. The van der Waals surface area contributed by atoms with Gasteiger partial charge in [-0.25, -0.2) is 14.8 Å². The van der Waals surface area contributed by atoms with Gasteiger partial charge in [-0.15, -0.1) is 0 Å². The number of nitrogens with one attached hydrogen (secondary N) is 1. The lowest BCUT2D eigenvalue weighted by atomic mass is 10.1. The van der Waals surface area contributed by atoms with Crippen molar-refractivity contribution < 1.29 is 9.53 Å². The number of hydrogen-bond acceptors (Lipinski definition) is 5. The molecular formula is C21H23N3O2. The molecular weight excluding hydrogens is 326 g/mol. The number of aryl methyl sites for hydroxylation is 1. The lowest BCUT2D eigenvalue weighted by Gasteiger charge is -2.14. The Balaban J connectivity index is 2.02. The van der Waals surface area contributed by atoms with Gasteiger partial charge in [0.15, 0.2) is 11.5 Å². The van der Waals surface area contributed by atoms with E-state index in [4.69, 9.17) is 4.74 Å². The van der Waals surface area contributed by atoms with E-state index in [0.717, 1.165) is 35.2 Å². The summed E-state index contributed by atoms with van der Waals surface area (Å²) in [5.41, 5.74) is 4.77. The number of fused-ring (bicyclic) bond motifs is 1. The predicted octanol–water partition coefficient (Wildman–Crippen LogP) is 4.95. The molecule has 134 valence electrons. The quantitative estimate of drug-likeness (QED) is 0.504. The highest BCUT2D eigenvalue weighted by Crippen LogP contribution is 2.25. The standard InChI is InChI=1S/C21H23N3O2/c1-4-5-13-26-21(25)19-20(23-16-12-8-9-14(2)15(16)3)24-18-11-7-6-10-17(18)22-19/h6-12H,4-5,13H2,1-3H3,(H,23,24). The number of benzene rings is 2. The second kappa shape index (κ2) is 7.95. The molecule has 0 saturated carbocycles. The number of ether oxygens (including phenoxy) is 1. The highest BCUT2D eigenvalue weighted by Gasteiger charge is 2.19. The molecule has 1 aromatic heterocycles. The van der Waals surface area contributed by atoms with Crippen LogP contribution < -0.4 is 5.32 Å². The topological polar surface area (TPSA) is 64.1 Å². The van der Waals surface area contributed by atoms with E-state index in [1.54, 1.807) is 0 Å². The zero-order chi connectivity index (χ0) is 18.5. The highest BCUT2D eigenvalue weighted by atomic mass is 16.5. The number of unbranched alkanes of at least 4 members (excludes halogenated alkanes) is 1. The van der Waals surface area contributed by atoms with E-state index in [-0.39, 0.29) is 5.69 Å². The molecule has 0 aliphatic carbocycles. The average Bonchev–Trinajstić information content (AvgIpc) is 2.65. The molecule has 0 aliphatic rings. The van der Waals surface area contributed by atoms with Gasteiger partial charge in [-0.2, -0.15) is 0 Å². The van der Waals surface area contributed by atoms with Gasteiger partial charge in [0.05, 0.1) is 17.6 Å². The SMILES string of the molecule is CCCCOC(=O)c1nc2ccccc2nc1Nc1cccc(C)c1C. The van der Waals surface area contributed by atoms with Crippen molar-refractivity contribution in [2.75, 3.05) is 11.9 Å². The van der Waals surface area contributed by atoms with E-state index in [1.807, 2.05) is 56.3 Å². The number of para-hydroxylation sites is 2. The number of rotatable bonds is 6. The van der Waals surface area contributed by atoms with Crippen molar-refractivity contribution in [2.24, 2.45) is 0 Å². The third-order valence-electron chi connectivity index (χ3n) is 4.35. The molecule has 3 aromatic rings. The van der Waals surface area contributed by atoms with Crippen LogP contribution in [0.5, 0.6) is 0 Å². The molecule has 1 heterocycles. The maximum absolute atomic E-state index is 12.6. The monoisotopic (exact) mass is 349 g/mol. The first-order chi connectivity index (χ1) is 12.6. The minimum absolute atomic E-state index is 0.209. The maximum Gasteiger partial charge on any atom is 0.360 e. The summed E-state index contributed by atoms with van der Waals surface area (Å²) in [5, 5.41) is 3.27. The first-order valence-electron chi connectivity index (χ1n) is 8.87. The van der Waals surface area contributed by atoms with Crippen LogP contribution in [0.1, 0.15) is 41.4 Å². The highest BCUT2D eigenvalue weighted by molar-refractivity contribution is 5.96. The molecule has 3 rings (SSSR count). The zero-order valence-corrected chi connectivity index (χ0v) is 15.4. The molecule has 0 bridgehead atoms. The number of esters is 1. The molecule has 1 N–H and O–H groups in total. The molecule has 0 aliphatic heterocycles. The van der Waals surface area contributed by atoms with Crippen molar-refractivity contribution in [2.45, 2.75) is 33.6 Å². The molecule has 26 heavy (non-hydrogen) atoms. The van der Waals surface area contributed by atoms with Crippen LogP contribution in [0.2, 0.25) is 0 Å². The van der Waals surface area contributed by atoms with E-state index in [9.17, 15) is 4.79 Å². The first-order valence-corrected chi connectivity index (χ1v) is 8.87. The lowest BCUT2D eigenvalue weighted by Crippen LogP contribution is -2.13. The summed E-state index contributed by atoms with van der Waals surface area (Å²) < 4.78 is 5.37.